The van der Waals surface area contributed by atoms with Gasteiger partial charge in [0.15, 0.2) is 0 Å². The van der Waals surface area contributed by atoms with Gasteiger partial charge in [-0.05, 0) is 40.9 Å². The van der Waals surface area contributed by atoms with Gasteiger partial charge in [0.05, 0.1) is 21.5 Å². The van der Waals surface area contributed by atoms with Crippen LogP contribution in [0.3, 0.4) is 0 Å². The van der Waals surface area contributed by atoms with Gasteiger partial charge in [-0.2, -0.15) is 0 Å². The molecule has 0 aromatic heterocycles. The van der Waals surface area contributed by atoms with Crippen LogP contribution in [0.25, 0.3) is 0 Å². The number of sulfonamides is 1. The molecular formula is C12H16BrClN2O3S. The third-order valence-corrected chi connectivity index (χ3v) is 6.50. The number of rotatable bonds is 4. The number of hydrogen-bond acceptors (Lipinski definition) is 4. The number of aliphatic hydroxyl groups excluding tert-OH is 1. The molecule has 1 fully saturated rings. The van der Waals surface area contributed by atoms with E-state index in [2.05, 4.69) is 20.7 Å². The fraction of sp³-hybridized carbons (Fsp3) is 0.500. The summed E-state index contributed by atoms with van der Waals surface area (Å²) in [4.78, 5) is -0.0118. The summed E-state index contributed by atoms with van der Waals surface area (Å²) in [6, 6.07) is 2.81. The first-order chi connectivity index (χ1) is 9.30. The SMILES string of the molecule is Nc1cc(Cl)cc(S(=O)(=O)NC2(CO)CCCC2)c1Br. The largest absolute Gasteiger partial charge is 0.398 e. The summed E-state index contributed by atoms with van der Waals surface area (Å²) in [6.07, 6.45) is 3.02. The second kappa shape index (κ2) is 5.81. The highest BCUT2D eigenvalue weighted by molar-refractivity contribution is 9.10. The zero-order valence-electron chi connectivity index (χ0n) is 10.7. The minimum Gasteiger partial charge on any atom is -0.398 e. The van der Waals surface area contributed by atoms with E-state index in [9.17, 15) is 13.5 Å². The molecule has 1 aliphatic carbocycles. The van der Waals surface area contributed by atoms with Gasteiger partial charge in [-0.15, -0.1) is 0 Å². The van der Waals surface area contributed by atoms with E-state index in [4.69, 9.17) is 17.3 Å². The lowest BCUT2D eigenvalue weighted by molar-refractivity contribution is 0.185. The van der Waals surface area contributed by atoms with Crippen molar-refractivity contribution >= 4 is 43.2 Å². The van der Waals surface area contributed by atoms with Gasteiger partial charge in [0.2, 0.25) is 10.0 Å². The number of nitrogens with two attached hydrogens (primary N) is 1. The van der Waals surface area contributed by atoms with Crippen molar-refractivity contribution in [1.82, 2.24) is 4.72 Å². The Hall–Kier alpha value is -0.340. The highest BCUT2D eigenvalue weighted by atomic mass is 79.9. The molecule has 1 aromatic carbocycles. The molecule has 0 aliphatic heterocycles. The molecule has 0 heterocycles. The molecule has 0 amide bonds. The normalized spacial score (nSPS) is 18.4. The highest BCUT2D eigenvalue weighted by Crippen LogP contribution is 2.35. The number of aliphatic hydroxyl groups is 1. The Morgan fingerprint density at radius 3 is 2.55 bits per heavy atom. The van der Waals surface area contributed by atoms with Crippen LogP contribution in [0.5, 0.6) is 0 Å². The van der Waals surface area contributed by atoms with E-state index in [1.54, 1.807) is 0 Å². The molecule has 0 radical (unpaired) electrons. The van der Waals surface area contributed by atoms with Crippen molar-refractivity contribution in [2.45, 2.75) is 36.1 Å². The summed E-state index contributed by atoms with van der Waals surface area (Å²) >= 11 is 9.04. The number of hydrogen-bond donors (Lipinski definition) is 3. The molecule has 0 saturated heterocycles. The third kappa shape index (κ3) is 3.12. The quantitative estimate of drug-likeness (QED) is 0.695. The van der Waals surface area contributed by atoms with Crippen LogP contribution in [-0.2, 0) is 10.0 Å². The second-order valence-electron chi connectivity index (χ2n) is 5.06. The molecule has 5 nitrogen and oxygen atoms in total. The van der Waals surface area contributed by atoms with Crippen LogP contribution in [0.2, 0.25) is 5.02 Å². The Kier molecular flexibility index (Phi) is 4.66. The first kappa shape index (κ1) is 16.0. The summed E-state index contributed by atoms with van der Waals surface area (Å²) in [5.74, 6) is 0. The fourth-order valence-corrected chi connectivity index (χ4v) is 5.21. The Bertz CT molecular complexity index is 615. The molecule has 0 spiro atoms. The molecule has 8 heteroatoms. The standard InChI is InChI=1S/C12H16BrClN2O3S/c13-11-9(15)5-8(14)6-10(11)20(18,19)16-12(7-17)3-1-2-4-12/h5-6,16-17H,1-4,7,15H2. The van der Waals surface area contributed by atoms with Gasteiger partial charge in [0.25, 0.3) is 0 Å². The van der Waals surface area contributed by atoms with Crippen molar-refractivity contribution in [2.75, 3.05) is 12.3 Å². The number of halogens is 2. The van der Waals surface area contributed by atoms with Gasteiger partial charge in [0, 0.05) is 10.7 Å². The molecule has 0 bridgehead atoms. The van der Waals surface area contributed by atoms with Crippen LogP contribution < -0.4 is 10.5 Å². The molecule has 1 saturated carbocycles. The first-order valence-corrected chi connectivity index (χ1v) is 8.84. The molecule has 20 heavy (non-hydrogen) atoms. The van der Waals surface area contributed by atoms with E-state index in [1.165, 1.54) is 12.1 Å². The van der Waals surface area contributed by atoms with Gasteiger partial charge >= 0.3 is 0 Å². The number of anilines is 1. The Labute approximate surface area is 131 Å². The van der Waals surface area contributed by atoms with Crippen molar-refractivity contribution < 1.29 is 13.5 Å². The van der Waals surface area contributed by atoms with Crippen molar-refractivity contribution in [2.24, 2.45) is 0 Å². The molecular weight excluding hydrogens is 368 g/mol. The van der Waals surface area contributed by atoms with Gasteiger partial charge in [-0.25, -0.2) is 13.1 Å². The number of nitrogens with one attached hydrogen (secondary N) is 1. The monoisotopic (exact) mass is 382 g/mol. The van der Waals surface area contributed by atoms with Gasteiger partial charge in [0.1, 0.15) is 0 Å². The molecule has 1 aromatic rings. The van der Waals surface area contributed by atoms with E-state index in [-0.39, 0.29) is 26.7 Å². The highest BCUT2D eigenvalue weighted by Gasteiger charge is 2.38. The third-order valence-electron chi connectivity index (χ3n) is 3.54. The number of benzene rings is 1. The maximum Gasteiger partial charge on any atom is 0.242 e. The Morgan fingerprint density at radius 2 is 2.00 bits per heavy atom. The van der Waals surface area contributed by atoms with E-state index >= 15 is 0 Å². The molecule has 0 atom stereocenters. The topological polar surface area (TPSA) is 92.4 Å². The minimum absolute atomic E-state index is 0.0118. The summed E-state index contributed by atoms with van der Waals surface area (Å²) in [7, 11) is -3.81. The van der Waals surface area contributed by atoms with E-state index < -0.39 is 15.6 Å². The minimum atomic E-state index is -3.81. The Balaban J connectivity index is 2.41. The Morgan fingerprint density at radius 1 is 1.40 bits per heavy atom. The lowest BCUT2D eigenvalue weighted by Gasteiger charge is -2.27. The van der Waals surface area contributed by atoms with Crippen LogP contribution in [0.1, 0.15) is 25.7 Å². The van der Waals surface area contributed by atoms with E-state index in [0.29, 0.717) is 12.8 Å². The fourth-order valence-electron chi connectivity index (χ4n) is 2.46. The molecule has 112 valence electrons. The summed E-state index contributed by atoms with van der Waals surface area (Å²) in [5, 5.41) is 9.76. The maximum atomic E-state index is 12.5. The van der Waals surface area contributed by atoms with Gasteiger partial charge in [-0.3, -0.25) is 0 Å². The maximum absolute atomic E-state index is 12.5. The zero-order valence-corrected chi connectivity index (χ0v) is 13.9. The molecule has 2 rings (SSSR count). The van der Waals surface area contributed by atoms with Crippen molar-refractivity contribution in [1.29, 1.82) is 0 Å². The van der Waals surface area contributed by atoms with Crippen LogP contribution in [0, 0.1) is 0 Å². The average Bonchev–Trinajstić information content (AvgIpc) is 2.82. The lowest BCUT2D eigenvalue weighted by atomic mass is 10.0. The van der Waals surface area contributed by atoms with Gasteiger partial charge < -0.3 is 10.8 Å². The predicted octanol–water partition coefficient (Wildman–Crippen LogP) is 2.27. The first-order valence-electron chi connectivity index (χ1n) is 6.19. The van der Waals surface area contributed by atoms with Crippen molar-refractivity contribution in [3.8, 4) is 0 Å². The van der Waals surface area contributed by atoms with Crippen molar-refractivity contribution in [3.05, 3.63) is 21.6 Å². The summed E-state index contributed by atoms with van der Waals surface area (Å²) < 4.78 is 27.9. The molecule has 1 aliphatic rings. The lowest BCUT2D eigenvalue weighted by Crippen LogP contribution is -2.49. The van der Waals surface area contributed by atoms with Crippen molar-refractivity contribution in [3.63, 3.8) is 0 Å². The van der Waals surface area contributed by atoms with Crippen LogP contribution in [-0.4, -0.2) is 25.7 Å². The molecule has 0 unspecified atom stereocenters. The number of nitrogen functional groups attached to an aromatic ring is 1. The van der Waals surface area contributed by atoms with Crippen LogP contribution >= 0.6 is 27.5 Å². The van der Waals surface area contributed by atoms with Crippen LogP contribution in [0.15, 0.2) is 21.5 Å². The average molecular weight is 384 g/mol. The predicted molar refractivity (Wildman–Crippen MR) is 82.2 cm³/mol. The zero-order chi connectivity index (χ0) is 15.0. The van der Waals surface area contributed by atoms with Crippen LogP contribution in [0.4, 0.5) is 5.69 Å². The van der Waals surface area contributed by atoms with E-state index in [1.807, 2.05) is 0 Å². The van der Waals surface area contributed by atoms with E-state index in [0.717, 1.165) is 12.8 Å². The van der Waals surface area contributed by atoms with Gasteiger partial charge in [-0.1, -0.05) is 24.4 Å². The summed E-state index contributed by atoms with van der Waals surface area (Å²) in [5.41, 5.74) is 5.19. The molecule has 4 N–H and O–H groups in total. The summed E-state index contributed by atoms with van der Waals surface area (Å²) in [6.45, 7) is -0.222. The second-order valence-corrected chi connectivity index (χ2v) is 7.94. The smallest absolute Gasteiger partial charge is 0.242 e.